The maximum absolute atomic E-state index is 5.15. The fourth-order valence-corrected chi connectivity index (χ4v) is 2.12. The van der Waals surface area contributed by atoms with Crippen molar-refractivity contribution in [3.63, 3.8) is 0 Å². The molecule has 0 unspecified atom stereocenters. The third-order valence-corrected chi connectivity index (χ3v) is 3.16. The van der Waals surface area contributed by atoms with Gasteiger partial charge in [-0.25, -0.2) is 9.67 Å². The smallest absolute Gasteiger partial charge is 0.146 e. The Hall–Kier alpha value is -1.88. The Labute approximate surface area is 120 Å². The first kappa shape index (κ1) is 14.5. The molecule has 2 rings (SSSR count). The lowest BCUT2D eigenvalue weighted by Crippen LogP contribution is -2.11. The Balaban J connectivity index is 2.01. The van der Waals surface area contributed by atoms with E-state index in [-0.39, 0.29) is 0 Å². The molecule has 0 aliphatic carbocycles. The number of anilines is 1. The topological polar surface area (TPSA) is 52.0 Å². The van der Waals surface area contributed by atoms with Crippen LogP contribution in [0.15, 0.2) is 30.6 Å². The van der Waals surface area contributed by atoms with E-state index < -0.39 is 0 Å². The van der Waals surface area contributed by atoms with E-state index in [0.29, 0.717) is 6.54 Å². The van der Waals surface area contributed by atoms with Crippen LogP contribution in [0.5, 0.6) is 0 Å². The van der Waals surface area contributed by atoms with Crippen LogP contribution in [0.3, 0.4) is 0 Å². The maximum Gasteiger partial charge on any atom is 0.146 e. The normalized spacial score (nSPS) is 10.7. The summed E-state index contributed by atoms with van der Waals surface area (Å²) < 4.78 is 7.10. The molecular weight excluding hydrogens is 252 g/mol. The van der Waals surface area contributed by atoms with E-state index in [1.54, 1.807) is 13.4 Å². The number of methoxy groups -OCH3 is 1. The highest BCUT2D eigenvalue weighted by molar-refractivity contribution is 5.51. The molecule has 2 aromatic rings. The number of ether oxygens (including phenoxy) is 1. The summed E-state index contributed by atoms with van der Waals surface area (Å²) in [6.07, 6.45) is 3.58. The van der Waals surface area contributed by atoms with Crippen molar-refractivity contribution >= 4 is 5.69 Å². The van der Waals surface area contributed by atoms with Gasteiger partial charge in [-0.1, -0.05) is 25.1 Å². The van der Waals surface area contributed by atoms with E-state index in [9.17, 15) is 0 Å². The molecule has 5 heteroatoms. The second-order valence-corrected chi connectivity index (χ2v) is 4.65. The molecule has 0 amide bonds. The summed E-state index contributed by atoms with van der Waals surface area (Å²) in [5.41, 5.74) is 2.39. The molecule has 0 bridgehead atoms. The first-order chi connectivity index (χ1) is 9.85. The van der Waals surface area contributed by atoms with Crippen molar-refractivity contribution in [2.45, 2.75) is 32.9 Å². The molecule has 0 atom stereocenters. The molecule has 0 saturated carbocycles. The molecule has 0 fully saturated rings. The Morgan fingerprint density at radius 1 is 1.30 bits per heavy atom. The van der Waals surface area contributed by atoms with Gasteiger partial charge in [0, 0.05) is 19.3 Å². The molecule has 0 aliphatic heterocycles. The summed E-state index contributed by atoms with van der Waals surface area (Å²) >= 11 is 0. The molecule has 0 aliphatic rings. The molecule has 20 heavy (non-hydrogen) atoms. The highest BCUT2D eigenvalue weighted by Gasteiger charge is 2.05. The van der Waals surface area contributed by atoms with Gasteiger partial charge in [-0.3, -0.25) is 0 Å². The third kappa shape index (κ3) is 3.81. The van der Waals surface area contributed by atoms with Gasteiger partial charge in [0.2, 0.25) is 0 Å². The number of aromatic nitrogens is 3. The van der Waals surface area contributed by atoms with Gasteiger partial charge in [0.25, 0.3) is 0 Å². The third-order valence-electron chi connectivity index (χ3n) is 3.16. The minimum Gasteiger partial charge on any atom is -0.384 e. The Morgan fingerprint density at radius 3 is 2.95 bits per heavy atom. The number of hydrogen-bond acceptors (Lipinski definition) is 4. The summed E-state index contributed by atoms with van der Waals surface area (Å²) in [4.78, 5) is 4.31. The van der Waals surface area contributed by atoms with Crippen LogP contribution >= 0.6 is 0 Å². The first-order valence-corrected chi connectivity index (χ1v) is 7.02. The van der Waals surface area contributed by atoms with Crippen molar-refractivity contribution in [1.82, 2.24) is 14.8 Å². The summed E-state index contributed by atoms with van der Waals surface area (Å²) in [7, 11) is 1.73. The number of benzene rings is 1. The lowest BCUT2D eigenvalue weighted by atomic mass is 10.1. The predicted molar refractivity (Wildman–Crippen MR) is 79.7 cm³/mol. The van der Waals surface area contributed by atoms with Gasteiger partial charge in [0.05, 0.1) is 13.2 Å². The van der Waals surface area contributed by atoms with Crippen molar-refractivity contribution in [1.29, 1.82) is 0 Å². The second-order valence-electron chi connectivity index (χ2n) is 4.65. The summed E-state index contributed by atoms with van der Waals surface area (Å²) in [5.74, 6) is 0.966. The van der Waals surface area contributed by atoms with E-state index in [1.807, 2.05) is 10.7 Å². The Bertz CT molecular complexity index is 524. The minimum absolute atomic E-state index is 0.685. The Kier molecular flexibility index (Phi) is 5.55. The van der Waals surface area contributed by atoms with Crippen molar-refractivity contribution in [2.24, 2.45) is 0 Å². The second kappa shape index (κ2) is 7.65. The van der Waals surface area contributed by atoms with Crippen LogP contribution in [0.1, 0.15) is 24.7 Å². The molecule has 0 radical (unpaired) electrons. The molecule has 108 valence electrons. The zero-order valence-corrected chi connectivity index (χ0v) is 12.2. The molecule has 1 aromatic carbocycles. The van der Waals surface area contributed by atoms with Gasteiger partial charge in [0.15, 0.2) is 0 Å². The number of rotatable bonds is 8. The molecule has 0 spiro atoms. The van der Waals surface area contributed by atoms with E-state index in [1.165, 1.54) is 5.56 Å². The highest BCUT2D eigenvalue weighted by Crippen LogP contribution is 2.16. The number of aryl methyl sites for hydroxylation is 1. The minimum atomic E-state index is 0.685. The van der Waals surface area contributed by atoms with Gasteiger partial charge in [-0.2, -0.15) is 5.10 Å². The number of hydrogen-bond donors (Lipinski definition) is 1. The fraction of sp³-hybridized carbons (Fsp3) is 0.467. The van der Waals surface area contributed by atoms with Gasteiger partial charge in [-0.15, -0.1) is 0 Å². The monoisotopic (exact) mass is 274 g/mol. The fourth-order valence-electron chi connectivity index (χ4n) is 2.12. The number of para-hydroxylation sites is 1. The quantitative estimate of drug-likeness (QED) is 0.803. The maximum atomic E-state index is 5.15. The van der Waals surface area contributed by atoms with Gasteiger partial charge in [-0.05, 0) is 24.5 Å². The van der Waals surface area contributed by atoms with Crippen molar-refractivity contribution in [3.05, 3.63) is 42.0 Å². The number of nitrogens with one attached hydrogen (secondary N) is 1. The lowest BCUT2D eigenvalue weighted by Gasteiger charge is -2.12. The van der Waals surface area contributed by atoms with Crippen LogP contribution in [0, 0.1) is 0 Å². The SMILES string of the molecule is CCCn1ncnc1CNc1ccccc1CCOC. The summed E-state index contributed by atoms with van der Waals surface area (Å²) in [6.45, 7) is 4.45. The van der Waals surface area contributed by atoms with E-state index in [0.717, 1.165) is 37.5 Å². The van der Waals surface area contributed by atoms with Gasteiger partial charge < -0.3 is 10.1 Å². The lowest BCUT2D eigenvalue weighted by molar-refractivity contribution is 0.202. The Morgan fingerprint density at radius 2 is 2.15 bits per heavy atom. The van der Waals surface area contributed by atoms with Crippen LogP contribution in [0.4, 0.5) is 5.69 Å². The molecular formula is C15H22N4O. The van der Waals surface area contributed by atoms with Crippen LogP contribution in [0.25, 0.3) is 0 Å². The van der Waals surface area contributed by atoms with Crippen LogP contribution in [-0.4, -0.2) is 28.5 Å². The standard InChI is InChI=1S/C15H22N4O/c1-3-9-19-15(17-12-18-19)11-16-14-7-5-4-6-13(14)8-10-20-2/h4-7,12,16H,3,8-11H2,1-2H3. The van der Waals surface area contributed by atoms with Crippen LogP contribution in [0.2, 0.25) is 0 Å². The van der Waals surface area contributed by atoms with Crippen LogP contribution < -0.4 is 5.32 Å². The van der Waals surface area contributed by atoms with E-state index in [4.69, 9.17) is 4.74 Å². The van der Waals surface area contributed by atoms with Crippen molar-refractivity contribution < 1.29 is 4.74 Å². The predicted octanol–water partition coefficient (Wildman–Crippen LogP) is 2.49. The average molecular weight is 274 g/mol. The first-order valence-electron chi connectivity index (χ1n) is 7.02. The zero-order valence-electron chi connectivity index (χ0n) is 12.2. The van der Waals surface area contributed by atoms with E-state index >= 15 is 0 Å². The zero-order chi connectivity index (χ0) is 14.2. The highest BCUT2D eigenvalue weighted by atomic mass is 16.5. The molecule has 1 N–H and O–H groups in total. The van der Waals surface area contributed by atoms with Gasteiger partial charge in [0.1, 0.15) is 12.2 Å². The largest absolute Gasteiger partial charge is 0.384 e. The van der Waals surface area contributed by atoms with Crippen molar-refractivity contribution in [2.75, 3.05) is 19.0 Å². The molecule has 1 heterocycles. The summed E-state index contributed by atoms with van der Waals surface area (Å²) in [6, 6.07) is 8.30. The van der Waals surface area contributed by atoms with Crippen LogP contribution in [-0.2, 0) is 24.2 Å². The number of nitrogens with zero attached hydrogens (tertiary/aromatic N) is 3. The van der Waals surface area contributed by atoms with Crippen molar-refractivity contribution in [3.8, 4) is 0 Å². The average Bonchev–Trinajstić information content (AvgIpc) is 2.91. The molecule has 5 nitrogen and oxygen atoms in total. The van der Waals surface area contributed by atoms with E-state index in [2.05, 4.69) is 40.5 Å². The molecule has 0 saturated heterocycles. The van der Waals surface area contributed by atoms with Gasteiger partial charge >= 0.3 is 0 Å². The molecule has 1 aromatic heterocycles. The summed E-state index contributed by atoms with van der Waals surface area (Å²) in [5, 5.41) is 7.68.